The van der Waals surface area contributed by atoms with Gasteiger partial charge in [-0.05, 0) is 63.6 Å². The van der Waals surface area contributed by atoms with Gasteiger partial charge in [-0.25, -0.2) is 0 Å². The van der Waals surface area contributed by atoms with Gasteiger partial charge in [-0.3, -0.25) is 14.4 Å². The van der Waals surface area contributed by atoms with E-state index in [4.69, 9.17) is 11.6 Å². The topological polar surface area (TPSA) is 119 Å². The summed E-state index contributed by atoms with van der Waals surface area (Å²) in [7, 11) is 0. The molecule has 0 spiro atoms. The number of ketones is 1. The van der Waals surface area contributed by atoms with E-state index in [2.05, 4.69) is 16.7 Å². The molecule has 2 rings (SSSR count). The molecule has 1 aromatic carbocycles. The molecule has 1 saturated heterocycles. The second-order valence-electron chi connectivity index (χ2n) is 10.4. The molecular weight excluding hydrogens is 454 g/mol. The fourth-order valence-corrected chi connectivity index (χ4v) is 4.45. The Labute approximate surface area is 207 Å². The van der Waals surface area contributed by atoms with E-state index in [-0.39, 0.29) is 42.3 Å². The Kier molecular flexibility index (Phi) is 9.27. The quantitative estimate of drug-likeness (QED) is 0.437. The van der Waals surface area contributed by atoms with Crippen LogP contribution in [0.15, 0.2) is 24.3 Å². The predicted octanol–water partition coefficient (Wildman–Crippen LogP) is 3.73. The minimum absolute atomic E-state index is 0.0667. The van der Waals surface area contributed by atoms with Crippen molar-refractivity contribution in [3.05, 3.63) is 34.9 Å². The van der Waals surface area contributed by atoms with Crippen LogP contribution in [0.5, 0.6) is 0 Å². The number of halogens is 1. The van der Waals surface area contributed by atoms with Gasteiger partial charge in [-0.2, -0.15) is 5.26 Å². The lowest BCUT2D eigenvalue weighted by atomic mass is 9.67. The van der Waals surface area contributed by atoms with Crippen LogP contribution in [0.1, 0.15) is 65.9 Å². The van der Waals surface area contributed by atoms with Gasteiger partial charge in [0.2, 0.25) is 11.8 Å². The van der Waals surface area contributed by atoms with E-state index < -0.39 is 23.0 Å². The number of nitrogens with one attached hydrogen (secondary N) is 2. The second kappa shape index (κ2) is 11.3. The van der Waals surface area contributed by atoms with Crippen LogP contribution in [0.3, 0.4) is 0 Å². The van der Waals surface area contributed by atoms with Gasteiger partial charge in [0.1, 0.15) is 11.8 Å². The summed E-state index contributed by atoms with van der Waals surface area (Å²) in [5.41, 5.74) is -2.12. The van der Waals surface area contributed by atoms with E-state index in [1.54, 1.807) is 45.0 Å². The van der Waals surface area contributed by atoms with Crippen molar-refractivity contribution < 1.29 is 19.5 Å². The SMILES string of the molecule is CC(C)CC(CC(=O)C(C)(C)C(C)(O)c1ccc(Cl)cc1)C(=O)NC(C#N)CC1CCNC1=O. The van der Waals surface area contributed by atoms with Gasteiger partial charge in [-0.1, -0.05) is 37.6 Å². The molecule has 8 heteroatoms. The van der Waals surface area contributed by atoms with Gasteiger partial charge in [0.15, 0.2) is 0 Å². The predicted molar refractivity (Wildman–Crippen MR) is 131 cm³/mol. The van der Waals surface area contributed by atoms with Gasteiger partial charge >= 0.3 is 0 Å². The summed E-state index contributed by atoms with van der Waals surface area (Å²) < 4.78 is 0. The van der Waals surface area contributed by atoms with E-state index >= 15 is 0 Å². The van der Waals surface area contributed by atoms with Crippen molar-refractivity contribution in [1.82, 2.24) is 10.6 Å². The van der Waals surface area contributed by atoms with E-state index in [9.17, 15) is 24.8 Å². The third kappa shape index (κ3) is 6.58. The maximum atomic E-state index is 13.4. The van der Waals surface area contributed by atoms with Gasteiger partial charge in [0.05, 0.1) is 17.1 Å². The summed E-state index contributed by atoms with van der Waals surface area (Å²) in [5.74, 6) is -1.55. The van der Waals surface area contributed by atoms with Crippen LogP contribution in [-0.4, -0.2) is 35.3 Å². The molecule has 1 aliphatic heterocycles. The van der Waals surface area contributed by atoms with Crippen LogP contribution in [0.2, 0.25) is 5.02 Å². The summed E-state index contributed by atoms with van der Waals surface area (Å²) >= 11 is 5.97. The molecule has 0 aromatic heterocycles. The van der Waals surface area contributed by atoms with Crippen molar-refractivity contribution in [3.8, 4) is 6.07 Å². The molecule has 0 aliphatic carbocycles. The highest BCUT2D eigenvalue weighted by molar-refractivity contribution is 6.30. The molecule has 1 heterocycles. The average molecular weight is 490 g/mol. The average Bonchev–Trinajstić information content (AvgIpc) is 3.16. The van der Waals surface area contributed by atoms with Crippen molar-refractivity contribution in [1.29, 1.82) is 5.26 Å². The molecule has 0 radical (unpaired) electrons. The Morgan fingerprint density at radius 1 is 1.26 bits per heavy atom. The lowest BCUT2D eigenvalue weighted by Gasteiger charge is -2.40. The third-order valence-corrected chi connectivity index (χ3v) is 7.29. The van der Waals surface area contributed by atoms with Crippen molar-refractivity contribution in [2.24, 2.45) is 23.2 Å². The molecule has 2 amide bonds. The van der Waals surface area contributed by atoms with Crippen LogP contribution in [-0.2, 0) is 20.0 Å². The summed E-state index contributed by atoms with van der Waals surface area (Å²) in [4.78, 5) is 38.4. The van der Waals surface area contributed by atoms with Gasteiger partial charge in [0, 0.05) is 29.8 Å². The number of carbonyl (C=O) groups excluding carboxylic acids is 3. The highest BCUT2D eigenvalue weighted by atomic mass is 35.5. The molecule has 4 atom stereocenters. The standard InChI is InChI=1S/C26H36ClN3O4/c1-16(2)12-18(24(33)30-21(15-28)13-17-10-11-29-23(17)32)14-22(31)25(3,4)26(5,34)19-6-8-20(27)9-7-19/h6-9,16-18,21,34H,10-14H2,1-5H3,(H,29,32)(H,30,33). The summed E-state index contributed by atoms with van der Waals surface area (Å²) in [5, 5.41) is 26.9. The van der Waals surface area contributed by atoms with Crippen molar-refractivity contribution in [2.75, 3.05) is 6.54 Å². The Bertz CT molecular complexity index is 934. The molecular formula is C26H36ClN3O4. The number of hydrogen-bond acceptors (Lipinski definition) is 5. The number of aliphatic hydroxyl groups is 1. The minimum atomic E-state index is -1.49. The normalized spacial score (nSPS) is 19.6. The number of amides is 2. The first-order valence-electron chi connectivity index (χ1n) is 11.8. The lowest BCUT2D eigenvalue weighted by molar-refractivity contribution is -0.146. The maximum Gasteiger partial charge on any atom is 0.224 e. The molecule has 0 bridgehead atoms. The van der Waals surface area contributed by atoms with Crippen molar-refractivity contribution in [2.45, 2.75) is 71.9 Å². The molecule has 1 fully saturated rings. The smallest absolute Gasteiger partial charge is 0.224 e. The van der Waals surface area contributed by atoms with Crippen molar-refractivity contribution in [3.63, 3.8) is 0 Å². The Balaban J connectivity index is 2.16. The monoisotopic (exact) mass is 489 g/mol. The first kappa shape index (κ1) is 27.8. The number of rotatable bonds is 11. The zero-order valence-corrected chi connectivity index (χ0v) is 21.4. The van der Waals surface area contributed by atoms with Crippen LogP contribution < -0.4 is 10.6 Å². The van der Waals surface area contributed by atoms with Crippen LogP contribution in [0.25, 0.3) is 0 Å². The largest absolute Gasteiger partial charge is 0.384 e. The Morgan fingerprint density at radius 2 is 1.88 bits per heavy atom. The summed E-state index contributed by atoms with van der Waals surface area (Å²) in [6.45, 7) is 9.43. The highest BCUT2D eigenvalue weighted by Crippen LogP contribution is 2.42. The zero-order valence-electron chi connectivity index (χ0n) is 20.7. The number of Topliss-reactive ketones (excluding diaryl/α,β-unsaturated/α-hetero) is 1. The number of nitrogens with zero attached hydrogens (tertiary/aromatic N) is 1. The molecule has 34 heavy (non-hydrogen) atoms. The van der Waals surface area contributed by atoms with E-state index in [0.29, 0.717) is 30.0 Å². The Hall–Kier alpha value is -2.43. The molecule has 186 valence electrons. The molecule has 1 aliphatic rings. The fourth-order valence-electron chi connectivity index (χ4n) is 4.33. The van der Waals surface area contributed by atoms with Crippen LogP contribution >= 0.6 is 11.6 Å². The number of hydrogen-bond donors (Lipinski definition) is 3. The van der Waals surface area contributed by atoms with E-state index in [1.165, 1.54) is 0 Å². The molecule has 1 aromatic rings. The molecule has 4 unspecified atom stereocenters. The molecule has 3 N–H and O–H groups in total. The first-order chi connectivity index (χ1) is 15.8. The first-order valence-corrected chi connectivity index (χ1v) is 12.2. The summed E-state index contributed by atoms with van der Waals surface area (Å²) in [6.07, 6.45) is 1.27. The summed E-state index contributed by atoms with van der Waals surface area (Å²) in [6, 6.07) is 7.96. The Morgan fingerprint density at radius 3 is 2.38 bits per heavy atom. The zero-order chi connectivity index (χ0) is 25.7. The lowest BCUT2D eigenvalue weighted by Crippen LogP contribution is -2.47. The van der Waals surface area contributed by atoms with Crippen LogP contribution in [0, 0.1) is 34.5 Å². The molecule has 7 nitrogen and oxygen atoms in total. The van der Waals surface area contributed by atoms with Gasteiger partial charge < -0.3 is 15.7 Å². The van der Waals surface area contributed by atoms with E-state index in [1.807, 2.05) is 13.8 Å². The van der Waals surface area contributed by atoms with E-state index in [0.717, 1.165) is 0 Å². The van der Waals surface area contributed by atoms with Gasteiger partial charge in [-0.15, -0.1) is 0 Å². The van der Waals surface area contributed by atoms with Crippen molar-refractivity contribution >= 4 is 29.2 Å². The maximum absolute atomic E-state index is 13.4. The number of nitriles is 1. The minimum Gasteiger partial charge on any atom is -0.384 e. The van der Waals surface area contributed by atoms with Crippen LogP contribution in [0.4, 0.5) is 0 Å². The molecule has 0 saturated carbocycles. The third-order valence-electron chi connectivity index (χ3n) is 7.03. The van der Waals surface area contributed by atoms with Gasteiger partial charge in [0.25, 0.3) is 0 Å². The number of benzene rings is 1. The number of carbonyl (C=O) groups is 3. The highest BCUT2D eigenvalue weighted by Gasteiger charge is 2.47. The second-order valence-corrected chi connectivity index (χ2v) is 10.8. The fraction of sp³-hybridized carbons (Fsp3) is 0.615.